The van der Waals surface area contributed by atoms with Crippen LogP contribution in [0.4, 0.5) is 0 Å². The van der Waals surface area contributed by atoms with Crippen LogP contribution in [0.3, 0.4) is 0 Å². The fourth-order valence-corrected chi connectivity index (χ4v) is 0.791. The first-order chi connectivity index (χ1) is 5.66. The van der Waals surface area contributed by atoms with E-state index in [9.17, 15) is 0 Å². The van der Waals surface area contributed by atoms with Gasteiger partial charge in [-0.05, 0) is 31.0 Å². The van der Waals surface area contributed by atoms with Crippen LogP contribution in [0.5, 0.6) is 0 Å². The first kappa shape index (κ1) is 10.8. The molecule has 66 valence electrons. The molecular weight excluding hydrogens is 146 g/mol. The Balaban J connectivity index is 0.000000261. The zero-order chi connectivity index (χ0) is 9.40. The van der Waals surface area contributed by atoms with Crippen molar-refractivity contribution >= 4 is 0 Å². The van der Waals surface area contributed by atoms with Crippen LogP contribution in [0.1, 0.15) is 19.8 Å². The molecule has 0 saturated carbocycles. The molecule has 0 atom stereocenters. The van der Waals surface area contributed by atoms with Crippen LogP contribution in [0, 0.1) is 0 Å². The van der Waals surface area contributed by atoms with Gasteiger partial charge in [-0.1, -0.05) is 37.5 Å². The Bertz CT molecular complexity index is 205. The Morgan fingerprint density at radius 2 is 2.25 bits per heavy atom. The van der Waals surface area contributed by atoms with Gasteiger partial charge in [0.2, 0.25) is 0 Å². The van der Waals surface area contributed by atoms with E-state index in [-0.39, 0.29) is 0 Å². The second-order valence-corrected chi connectivity index (χ2v) is 2.76. The maximum Gasteiger partial charge on any atom is -0.00242 e. The van der Waals surface area contributed by atoms with E-state index in [1.807, 2.05) is 6.08 Å². The van der Waals surface area contributed by atoms with E-state index < -0.39 is 0 Å². The minimum Gasteiger partial charge on any atom is -0.403 e. The number of allylic oxidation sites excluding steroid dienone is 6. The third-order valence-electron chi connectivity index (χ3n) is 1.31. The minimum atomic E-state index is 0.667. The standard InChI is InChI=1S/C8H10.C3H7N/c1-2-8-6-4-3-5-7-8;1-3(2)4/h2-4,6H,1,5,7H2;1,4H2,2H3. The maximum absolute atomic E-state index is 4.92. The van der Waals surface area contributed by atoms with Crippen molar-refractivity contribution in [3.63, 3.8) is 0 Å². The van der Waals surface area contributed by atoms with Crippen LogP contribution in [-0.2, 0) is 0 Å². The highest BCUT2D eigenvalue weighted by Gasteiger charge is 1.91. The van der Waals surface area contributed by atoms with Crippen molar-refractivity contribution in [3.8, 4) is 0 Å². The summed E-state index contributed by atoms with van der Waals surface area (Å²) in [5.41, 5.74) is 6.94. The van der Waals surface area contributed by atoms with Crippen LogP contribution in [0.25, 0.3) is 0 Å². The Kier molecular flexibility index (Phi) is 5.80. The molecule has 0 heterocycles. The molecule has 0 fully saturated rings. The quantitative estimate of drug-likeness (QED) is 0.632. The van der Waals surface area contributed by atoms with E-state index in [1.54, 1.807) is 6.92 Å². The molecule has 0 aromatic rings. The number of hydrogen-bond acceptors (Lipinski definition) is 1. The van der Waals surface area contributed by atoms with Gasteiger partial charge in [-0.25, -0.2) is 0 Å². The van der Waals surface area contributed by atoms with E-state index in [4.69, 9.17) is 5.73 Å². The molecule has 0 radical (unpaired) electrons. The molecular formula is C11H17N. The van der Waals surface area contributed by atoms with E-state index >= 15 is 0 Å². The van der Waals surface area contributed by atoms with Crippen molar-refractivity contribution in [2.75, 3.05) is 0 Å². The lowest BCUT2D eigenvalue weighted by Crippen LogP contribution is -1.83. The summed E-state index contributed by atoms with van der Waals surface area (Å²) in [7, 11) is 0. The molecule has 1 rings (SSSR count). The van der Waals surface area contributed by atoms with Crippen molar-refractivity contribution < 1.29 is 0 Å². The van der Waals surface area contributed by atoms with Gasteiger partial charge in [0.25, 0.3) is 0 Å². The van der Waals surface area contributed by atoms with Crippen LogP contribution >= 0.6 is 0 Å². The Morgan fingerprint density at radius 3 is 2.50 bits per heavy atom. The van der Waals surface area contributed by atoms with E-state index in [2.05, 4.69) is 31.4 Å². The van der Waals surface area contributed by atoms with Gasteiger partial charge >= 0.3 is 0 Å². The van der Waals surface area contributed by atoms with Gasteiger partial charge in [-0.3, -0.25) is 0 Å². The van der Waals surface area contributed by atoms with Crippen LogP contribution in [0.15, 0.2) is 48.7 Å². The minimum absolute atomic E-state index is 0.667. The summed E-state index contributed by atoms with van der Waals surface area (Å²) < 4.78 is 0. The molecule has 12 heavy (non-hydrogen) atoms. The van der Waals surface area contributed by atoms with Crippen molar-refractivity contribution in [3.05, 3.63) is 48.7 Å². The number of hydrogen-bond donors (Lipinski definition) is 1. The van der Waals surface area contributed by atoms with Gasteiger partial charge in [0, 0.05) is 0 Å². The van der Waals surface area contributed by atoms with Crippen molar-refractivity contribution in [2.24, 2.45) is 5.73 Å². The summed E-state index contributed by atoms with van der Waals surface area (Å²) in [5, 5.41) is 0. The molecule has 2 N–H and O–H groups in total. The molecule has 1 aliphatic carbocycles. The molecule has 0 aliphatic heterocycles. The summed E-state index contributed by atoms with van der Waals surface area (Å²) in [4.78, 5) is 0. The molecule has 1 nitrogen and oxygen atoms in total. The lowest BCUT2D eigenvalue weighted by Gasteiger charge is -2.00. The van der Waals surface area contributed by atoms with Gasteiger partial charge in [-0.15, -0.1) is 0 Å². The van der Waals surface area contributed by atoms with Gasteiger partial charge in [0.15, 0.2) is 0 Å². The zero-order valence-electron chi connectivity index (χ0n) is 7.72. The van der Waals surface area contributed by atoms with E-state index in [1.165, 1.54) is 18.4 Å². The van der Waals surface area contributed by atoms with Crippen LogP contribution in [0.2, 0.25) is 0 Å². The highest BCUT2D eigenvalue weighted by molar-refractivity contribution is 5.25. The molecule has 0 spiro atoms. The predicted octanol–water partition coefficient (Wildman–Crippen LogP) is 2.93. The lowest BCUT2D eigenvalue weighted by atomic mass is 10.1. The molecule has 0 bridgehead atoms. The van der Waals surface area contributed by atoms with Crippen molar-refractivity contribution in [1.82, 2.24) is 0 Å². The third-order valence-corrected chi connectivity index (χ3v) is 1.31. The third kappa shape index (κ3) is 6.87. The normalized spacial score (nSPS) is 13.9. The highest BCUT2D eigenvalue weighted by atomic mass is 14.5. The lowest BCUT2D eigenvalue weighted by molar-refractivity contribution is 0.992. The molecule has 0 amide bonds. The molecule has 0 saturated heterocycles. The van der Waals surface area contributed by atoms with Crippen LogP contribution in [-0.4, -0.2) is 0 Å². The summed E-state index contributed by atoms with van der Waals surface area (Å²) in [6, 6.07) is 0. The topological polar surface area (TPSA) is 26.0 Å². The van der Waals surface area contributed by atoms with Gasteiger partial charge < -0.3 is 5.73 Å². The molecule has 0 aromatic carbocycles. The number of nitrogens with two attached hydrogens (primary N) is 1. The van der Waals surface area contributed by atoms with Crippen molar-refractivity contribution in [1.29, 1.82) is 0 Å². The first-order valence-electron chi connectivity index (χ1n) is 4.06. The zero-order valence-corrected chi connectivity index (χ0v) is 7.72. The average molecular weight is 163 g/mol. The second-order valence-electron chi connectivity index (χ2n) is 2.76. The summed E-state index contributed by atoms with van der Waals surface area (Å²) in [6.07, 6.45) is 10.6. The summed E-state index contributed by atoms with van der Waals surface area (Å²) in [5.74, 6) is 0. The van der Waals surface area contributed by atoms with Gasteiger partial charge in [-0.2, -0.15) is 0 Å². The second kappa shape index (κ2) is 6.47. The van der Waals surface area contributed by atoms with E-state index in [0.29, 0.717) is 5.70 Å². The predicted molar refractivity (Wildman–Crippen MR) is 55.7 cm³/mol. The molecule has 0 unspecified atom stereocenters. The molecule has 0 aromatic heterocycles. The van der Waals surface area contributed by atoms with Gasteiger partial charge in [0.05, 0.1) is 0 Å². The monoisotopic (exact) mass is 163 g/mol. The number of rotatable bonds is 1. The van der Waals surface area contributed by atoms with Crippen molar-refractivity contribution in [2.45, 2.75) is 19.8 Å². The van der Waals surface area contributed by atoms with E-state index in [0.717, 1.165) is 0 Å². The summed E-state index contributed by atoms with van der Waals surface area (Å²) in [6.45, 7) is 8.77. The average Bonchev–Trinajstić information content (AvgIpc) is 2.05. The fraction of sp³-hybridized carbons (Fsp3) is 0.273. The highest BCUT2D eigenvalue weighted by Crippen LogP contribution is 2.11. The smallest absolute Gasteiger partial charge is 0.00242 e. The van der Waals surface area contributed by atoms with Gasteiger partial charge in [0.1, 0.15) is 0 Å². The first-order valence-corrected chi connectivity index (χ1v) is 4.06. The molecule has 1 heteroatoms. The fourth-order valence-electron chi connectivity index (χ4n) is 0.791. The Morgan fingerprint density at radius 1 is 1.67 bits per heavy atom. The Labute approximate surface area is 75.0 Å². The largest absolute Gasteiger partial charge is 0.403 e. The maximum atomic E-state index is 4.92. The SMILES string of the molecule is C=C(C)N.C=CC1=CC=CCC1. The van der Waals surface area contributed by atoms with Crippen LogP contribution < -0.4 is 5.73 Å². The Hall–Kier alpha value is -1.24. The molecule has 1 aliphatic rings. The summed E-state index contributed by atoms with van der Waals surface area (Å²) >= 11 is 0.